The molecule has 0 radical (unpaired) electrons. The Bertz CT molecular complexity index is 686. The number of hydrogen-bond acceptors (Lipinski definition) is 6. The van der Waals surface area contributed by atoms with Crippen LogP contribution in [0, 0.1) is 0 Å². The first-order valence-electron chi connectivity index (χ1n) is 7.20. The van der Waals surface area contributed by atoms with Crippen molar-refractivity contribution in [2.24, 2.45) is 0 Å². The third kappa shape index (κ3) is 3.12. The summed E-state index contributed by atoms with van der Waals surface area (Å²) in [5.74, 6) is 0. The largest absolute Gasteiger partial charge is 0.309 e. The molecule has 0 aliphatic carbocycles. The van der Waals surface area contributed by atoms with Crippen LogP contribution in [0.3, 0.4) is 0 Å². The lowest BCUT2D eigenvalue weighted by molar-refractivity contribution is 0.552. The van der Waals surface area contributed by atoms with E-state index in [-0.39, 0.29) is 6.04 Å². The highest BCUT2D eigenvalue weighted by Gasteiger charge is 2.19. The van der Waals surface area contributed by atoms with Gasteiger partial charge in [-0.15, -0.1) is 16.4 Å². The molecule has 1 aromatic carbocycles. The molecule has 3 rings (SSSR count). The second-order valence-corrected chi connectivity index (χ2v) is 6.73. The fourth-order valence-corrected chi connectivity index (χ4v) is 4.24. The van der Waals surface area contributed by atoms with Crippen LogP contribution in [-0.4, -0.2) is 21.1 Å². The molecule has 6 heteroatoms. The Morgan fingerprint density at radius 1 is 1.24 bits per heavy atom. The minimum absolute atomic E-state index is 0.255. The van der Waals surface area contributed by atoms with Gasteiger partial charge in [0.15, 0.2) is 0 Å². The highest BCUT2D eigenvalue weighted by Crippen LogP contribution is 2.28. The molecule has 0 amide bonds. The second kappa shape index (κ2) is 6.60. The summed E-state index contributed by atoms with van der Waals surface area (Å²) in [6, 6.07) is 8.56. The van der Waals surface area contributed by atoms with Crippen molar-refractivity contribution in [2.45, 2.75) is 32.7 Å². The van der Waals surface area contributed by atoms with E-state index in [1.165, 1.54) is 21.1 Å². The first-order valence-corrected chi connectivity index (χ1v) is 8.79. The monoisotopic (exact) mass is 318 g/mol. The lowest BCUT2D eigenvalue weighted by atomic mass is 10.1. The van der Waals surface area contributed by atoms with Crippen molar-refractivity contribution in [1.82, 2.24) is 19.9 Å². The van der Waals surface area contributed by atoms with Gasteiger partial charge in [-0.1, -0.05) is 30.5 Å². The van der Waals surface area contributed by atoms with Gasteiger partial charge >= 0.3 is 0 Å². The molecule has 0 fully saturated rings. The molecule has 4 nitrogen and oxygen atoms in total. The minimum atomic E-state index is 0.255. The van der Waals surface area contributed by atoms with Crippen LogP contribution in [0.2, 0.25) is 0 Å². The van der Waals surface area contributed by atoms with Crippen LogP contribution in [-0.2, 0) is 12.8 Å². The molecule has 0 spiro atoms. The average Bonchev–Trinajstić information content (AvgIpc) is 3.12. The fraction of sp³-hybridized carbons (Fsp3) is 0.400. The molecule has 110 valence electrons. The number of hydrogen-bond donors (Lipinski definition) is 1. The molecule has 2 heterocycles. The zero-order valence-corrected chi connectivity index (χ0v) is 13.8. The van der Waals surface area contributed by atoms with Gasteiger partial charge in [-0.2, -0.15) is 0 Å². The number of rotatable bonds is 6. The number of nitrogens with zero attached hydrogens (tertiary/aromatic N) is 3. The molecule has 1 atom stereocenters. The van der Waals surface area contributed by atoms with E-state index in [0.29, 0.717) is 0 Å². The summed E-state index contributed by atoms with van der Waals surface area (Å²) in [5, 5.41) is 8.95. The number of aromatic nitrogens is 3. The number of nitrogens with one attached hydrogen (secondary N) is 1. The SMILES string of the molecule is CCNC(Cc1nc2ccccc2s1)c1snnc1CC. The quantitative estimate of drug-likeness (QED) is 0.754. The van der Waals surface area contributed by atoms with Crippen molar-refractivity contribution >= 4 is 33.1 Å². The summed E-state index contributed by atoms with van der Waals surface area (Å²) in [6.45, 7) is 5.18. The molecular weight excluding hydrogens is 300 g/mol. The van der Waals surface area contributed by atoms with Gasteiger partial charge < -0.3 is 5.32 Å². The Balaban J connectivity index is 1.88. The Morgan fingerprint density at radius 3 is 2.86 bits per heavy atom. The summed E-state index contributed by atoms with van der Waals surface area (Å²) in [4.78, 5) is 5.99. The standard InChI is InChI=1S/C15H18N4S2/c1-3-10-15(21-19-18-10)12(16-4-2)9-14-17-11-7-5-6-8-13(11)20-14/h5-8,12,16H,3-4,9H2,1-2H3. The summed E-state index contributed by atoms with van der Waals surface area (Å²) in [7, 11) is 0. The van der Waals surface area contributed by atoms with Gasteiger partial charge in [-0.05, 0) is 36.6 Å². The molecule has 1 unspecified atom stereocenters. The summed E-state index contributed by atoms with van der Waals surface area (Å²) in [5.41, 5.74) is 2.19. The van der Waals surface area contributed by atoms with Gasteiger partial charge in [-0.3, -0.25) is 0 Å². The number of para-hydroxylation sites is 1. The van der Waals surface area contributed by atoms with Crippen LogP contribution < -0.4 is 5.32 Å². The fourth-order valence-electron chi connectivity index (χ4n) is 2.41. The Labute approximate surface area is 132 Å². The van der Waals surface area contributed by atoms with E-state index in [1.54, 1.807) is 11.3 Å². The third-order valence-electron chi connectivity index (χ3n) is 3.40. The topological polar surface area (TPSA) is 50.7 Å². The number of fused-ring (bicyclic) bond motifs is 1. The van der Waals surface area contributed by atoms with E-state index in [2.05, 4.69) is 47.0 Å². The van der Waals surface area contributed by atoms with E-state index < -0.39 is 0 Å². The van der Waals surface area contributed by atoms with Crippen LogP contribution in [0.25, 0.3) is 10.2 Å². The van der Waals surface area contributed by atoms with Crippen LogP contribution in [0.1, 0.15) is 35.5 Å². The van der Waals surface area contributed by atoms with E-state index in [1.807, 2.05) is 6.07 Å². The van der Waals surface area contributed by atoms with Crippen molar-refractivity contribution in [2.75, 3.05) is 6.54 Å². The van der Waals surface area contributed by atoms with Gasteiger partial charge in [0.2, 0.25) is 0 Å². The first kappa shape index (κ1) is 14.6. The Kier molecular flexibility index (Phi) is 4.57. The molecule has 0 saturated heterocycles. The lowest BCUT2D eigenvalue weighted by Crippen LogP contribution is -2.23. The van der Waals surface area contributed by atoms with Crippen LogP contribution >= 0.6 is 22.9 Å². The van der Waals surface area contributed by atoms with Crippen molar-refractivity contribution in [3.63, 3.8) is 0 Å². The molecule has 1 N–H and O–H groups in total. The molecule has 21 heavy (non-hydrogen) atoms. The van der Waals surface area contributed by atoms with Crippen LogP contribution in [0.5, 0.6) is 0 Å². The van der Waals surface area contributed by atoms with Crippen LogP contribution in [0.4, 0.5) is 0 Å². The van der Waals surface area contributed by atoms with E-state index in [0.717, 1.165) is 35.6 Å². The molecule has 0 aliphatic heterocycles. The van der Waals surface area contributed by atoms with Gasteiger partial charge in [0.1, 0.15) is 0 Å². The normalized spacial score (nSPS) is 12.9. The summed E-state index contributed by atoms with van der Waals surface area (Å²) in [6.07, 6.45) is 1.82. The predicted molar refractivity (Wildman–Crippen MR) is 89.0 cm³/mol. The van der Waals surface area contributed by atoms with Gasteiger partial charge in [0, 0.05) is 6.42 Å². The zero-order chi connectivity index (χ0) is 14.7. The van der Waals surface area contributed by atoms with Crippen molar-refractivity contribution in [3.8, 4) is 0 Å². The maximum Gasteiger partial charge on any atom is 0.0957 e. The molecule has 0 saturated carbocycles. The van der Waals surface area contributed by atoms with Gasteiger partial charge in [0.05, 0.1) is 31.8 Å². The number of thiazole rings is 1. The van der Waals surface area contributed by atoms with E-state index in [9.17, 15) is 0 Å². The number of benzene rings is 1. The average molecular weight is 318 g/mol. The van der Waals surface area contributed by atoms with Crippen molar-refractivity contribution in [1.29, 1.82) is 0 Å². The summed E-state index contributed by atoms with van der Waals surface area (Å²) < 4.78 is 5.37. The molecule has 0 bridgehead atoms. The van der Waals surface area contributed by atoms with E-state index >= 15 is 0 Å². The smallest absolute Gasteiger partial charge is 0.0957 e. The van der Waals surface area contributed by atoms with Gasteiger partial charge in [-0.25, -0.2) is 4.98 Å². The number of aryl methyl sites for hydroxylation is 1. The Morgan fingerprint density at radius 2 is 2.10 bits per heavy atom. The summed E-state index contributed by atoms with van der Waals surface area (Å²) >= 11 is 3.28. The molecular formula is C15H18N4S2. The molecule has 2 aromatic heterocycles. The first-order chi connectivity index (χ1) is 10.3. The zero-order valence-electron chi connectivity index (χ0n) is 12.2. The Hall–Kier alpha value is -1.37. The second-order valence-electron chi connectivity index (χ2n) is 4.83. The van der Waals surface area contributed by atoms with Gasteiger partial charge in [0.25, 0.3) is 0 Å². The molecule has 0 aliphatic rings. The maximum absolute atomic E-state index is 4.74. The minimum Gasteiger partial charge on any atom is -0.309 e. The predicted octanol–water partition coefficient (Wildman–Crippen LogP) is 3.60. The third-order valence-corrected chi connectivity index (χ3v) is 5.34. The van der Waals surface area contributed by atoms with Crippen molar-refractivity contribution in [3.05, 3.63) is 39.8 Å². The lowest BCUT2D eigenvalue weighted by Gasteiger charge is -2.15. The highest BCUT2D eigenvalue weighted by molar-refractivity contribution is 7.18. The van der Waals surface area contributed by atoms with Crippen molar-refractivity contribution < 1.29 is 0 Å². The maximum atomic E-state index is 4.74. The van der Waals surface area contributed by atoms with Crippen LogP contribution in [0.15, 0.2) is 24.3 Å². The molecule has 3 aromatic rings. The number of likely N-dealkylation sites (N-methyl/N-ethyl adjacent to an activating group) is 1. The highest BCUT2D eigenvalue weighted by atomic mass is 32.1. The van der Waals surface area contributed by atoms with E-state index in [4.69, 9.17) is 4.98 Å².